The second-order valence-corrected chi connectivity index (χ2v) is 6.68. The fourth-order valence-corrected chi connectivity index (χ4v) is 2.67. The number of halogens is 1. The normalized spacial score (nSPS) is 11.7. The number of esters is 1. The van der Waals surface area contributed by atoms with Crippen LogP contribution in [0.4, 0.5) is 0 Å². The molecule has 0 aliphatic heterocycles. The van der Waals surface area contributed by atoms with Crippen molar-refractivity contribution in [3.8, 4) is 0 Å². The van der Waals surface area contributed by atoms with Gasteiger partial charge in [-0.15, -0.1) is 0 Å². The standard InChI is InChI=1S/C22H18ClNO3/c1-14-3-7-16(8-4-14)20(25)21(17-9-5-15(2)6-10-17)27-22(26)18-11-12-19(23)24-13-18/h3-13,21H,1-2H3. The van der Waals surface area contributed by atoms with E-state index in [4.69, 9.17) is 16.3 Å². The highest BCUT2D eigenvalue weighted by Gasteiger charge is 2.27. The van der Waals surface area contributed by atoms with Crippen LogP contribution in [-0.2, 0) is 4.74 Å². The maximum Gasteiger partial charge on any atom is 0.340 e. The SMILES string of the molecule is Cc1ccc(C(=O)C(OC(=O)c2ccc(Cl)nc2)c2ccc(C)cc2)cc1. The number of hydrogen-bond donors (Lipinski definition) is 0. The van der Waals surface area contributed by atoms with Crippen molar-refractivity contribution >= 4 is 23.4 Å². The summed E-state index contributed by atoms with van der Waals surface area (Å²) in [5, 5.41) is 0.275. The quantitative estimate of drug-likeness (QED) is 0.350. The maximum atomic E-state index is 13.0. The Hall–Kier alpha value is -2.98. The summed E-state index contributed by atoms with van der Waals surface area (Å²) < 4.78 is 5.58. The van der Waals surface area contributed by atoms with Gasteiger partial charge in [-0.25, -0.2) is 9.78 Å². The maximum absolute atomic E-state index is 13.0. The van der Waals surface area contributed by atoms with Gasteiger partial charge >= 0.3 is 5.97 Å². The molecule has 0 spiro atoms. The van der Waals surface area contributed by atoms with E-state index in [-0.39, 0.29) is 16.5 Å². The van der Waals surface area contributed by atoms with Crippen LogP contribution in [0.5, 0.6) is 0 Å². The fraction of sp³-hybridized carbons (Fsp3) is 0.136. The first-order valence-corrected chi connectivity index (χ1v) is 8.82. The van der Waals surface area contributed by atoms with Crippen LogP contribution >= 0.6 is 11.6 Å². The fourth-order valence-electron chi connectivity index (χ4n) is 2.56. The molecule has 1 aromatic heterocycles. The molecular formula is C22H18ClNO3. The highest BCUT2D eigenvalue weighted by molar-refractivity contribution is 6.29. The molecule has 5 heteroatoms. The Balaban J connectivity index is 1.93. The Morgan fingerprint density at radius 2 is 1.41 bits per heavy atom. The minimum atomic E-state index is -1.04. The minimum absolute atomic E-state index is 0.230. The number of rotatable bonds is 5. The van der Waals surface area contributed by atoms with Crippen LogP contribution in [-0.4, -0.2) is 16.7 Å². The Morgan fingerprint density at radius 3 is 1.96 bits per heavy atom. The van der Waals surface area contributed by atoms with Gasteiger partial charge in [0.1, 0.15) is 5.15 Å². The van der Waals surface area contributed by atoms with Gasteiger partial charge in [0.05, 0.1) is 5.56 Å². The van der Waals surface area contributed by atoms with Crippen molar-refractivity contribution in [2.24, 2.45) is 0 Å². The first-order chi connectivity index (χ1) is 12.9. The molecule has 0 fully saturated rings. The highest BCUT2D eigenvalue weighted by Crippen LogP contribution is 2.25. The second-order valence-electron chi connectivity index (χ2n) is 6.30. The summed E-state index contributed by atoms with van der Waals surface area (Å²) in [7, 11) is 0. The van der Waals surface area contributed by atoms with E-state index in [1.807, 2.05) is 38.1 Å². The molecule has 0 saturated heterocycles. The lowest BCUT2D eigenvalue weighted by Crippen LogP contribution is -2.20. The molecule has 4 nitrogen and oxygen atoms in total. The molecule has 136 valence electrons. The van der Waals surface area contributed by atoms with Crippen LogP contribution < -0.4 is 0 Å². The number of carbonyl (C=O) groups is 2. The molecule has 0 saturated carbocycles. The van der Waals surface area contributed by atoms with Crippen molar-refractivity contribution in [3.05, 3.63) is 99.8 Å². The molecule has 0 aliphatic carbocycles. The molecule has 2 aromatic carbocycles. The first-order valence-electron chi connectivity index (χ1n) is 8.44. The number of ketones is 1. The van der Waals surface area contributed by atoms with Crippen molar-refractivity contribution in [1.82, 2.24) is 4.98 Å². The molecular weight excluding hydrogens is 362 g/mol. The van der Waals surface area contributed by atoms with Crippen LogP contribution in [0.2, 0.25) is 5.15 Å². The van der Waals surface area contributed by atoms with Gasteiger partial charge < -0.3 is 4.74 Å². The van der Waals surface area contributed by atoms with Crippen LogP contribution in [0.15, 0.2) is 66.9 Å². The van der Waals surface area contributed by atoms with Crippen LogP contribution in [0, 0.1) is 13.8 Å². The molecule has 1 heterocycles. The van der Waals surface area contributed by atoms with E-state index < -0.39 is 12.1 Å². The lowest BCUT2D eigenvalue weighted by atomic mass is 9.98. The van der Waals surface area contributed by atoms with Gasteiger partial charge in [0.25, 0.3) is 0 Å². The zero-order valence-electron chi connectivity index (χ0n) is 15.0. The summed E-state index contributed by atoms with van der Waals surface area (Å²) in [6.45, 7) is 3.89. The van der Waals surface area contributed by atoms with E-state index in [0.717, 1.165) is 11.1 Å². The van der Waals surface area contributed by atoms with Gasteiger partial charge in [-0.2, -0.15) is 0 Å². The van der Waals surface area contributed by atoms with E-state index in [0.29, 0.717) is 11.1 Å². The first kappa shape index (κ1) is 18.8. The monoisotopic (exact) mass is 379 g/mol. The smallest absolute Gasteiger partial charge is 0.340 e. The molecule has 3 rings (SSSR count). The molecule has 0 N–H and O–H groups in total. The van der Waals surface area contributed by atoms with E-state index in [9.17, 15) is 9.59 Å². The summed E-state index contributed by atoms with van der Waals surface area (Å²) in [5.41, 5.74) is 3.42. The molecule has 27 heavy (non-hydrogen) atoms. The number of aromatic nitrogens is 1. The lowest BCUT2D eigenvalue weighted by Gasteiger charge is -2.18. The number of carbonyl (C=O) groups excluding carboxylic acids is 2. The van der Waals surface area contributed by atoms with Gasteiger partial charge in [0.15, 0.2) is 6.10 Å². The van der Waals surface area contributed by atoms with Gasteiger partial charge in [-0.05, 0) is 26.0 Å². The van der Waals surface area contributed by atoms with Crippen LogP contribution in [0.1, 0.15) is 43.5 Å². The Bertz CT molecular complexity index is 948. The summed E-state index contributed by atoms with van der Waals surface area (Å²) in [5.74, 6) is -0.917. The van der Waals surface area contributed by atoms with Gasteiger partial charge in [-0.3, -0.25) is 4.79 Å². The van der Waals surface area contributed by atoms with Gasteiger partial charge in [0.2, 0.25) is 5.78 Å². The molecule has 0 bridgehead atoms. The average Bonchev–Trinajstić information content (AvgIpc) is 2.67. The summed E-state index contributed by atoms with van der Waals surface area (Å²) in [6, 6.07) is 17.5. The summed E-state index contributed by atoms with van der Waals surface area (Å²) in [6.07, 6.45) is 0.282. The Kier molecular flexibility index (Phi) is 5.67. The topological polar surface area (TPSA) is 56.3 Å². The van der Waals surface area contributed by atoms with Gasteiger partial charge in [0, 0.05) is 17.3 Å². The van der Waals surface area contributed by atoms with Crippen LogP contribution in [0.3, 0.4) is 0 Å². The van der Waals surface area contributed by atoms with Gasteiger partial charge in [-0.1, -0.05) is 71.3 Å². The second kappa shape index (κ2) is 8.14. The zero-order chi connectivity index (χ0) is 19.4. The van der Waals surface area contributed by atoms with Crippen molar-refractivity contribution in [3.63, 3.8) is 0 Å². The summed E-state index contributed by atoms with van der Waals surface area (Å²) in [4.78, 5) is 29.5. The van der Waals surface area contributed by atoms with Crippen molar-refractivity contribution in [1.29, 1.82) is 0 Å². The number of aryl methyl sites for hydroxylation is 2. The number of benzene rings is 2. The van der Waals surface area contributed by atoms with Crippen molar-refractivity contribution < 1.29 is 14.3 Å². The average molecular weight is 380 g/mol. The van der Waals surface area contributed by atoms with Crippen molar-refractivity contribution in [2.75, 3.05) is 0 Å². The minimum Gasteiger partial charge on any atom is -0.445 e. The number of hydrogen-bond acceptors (Lipinski definition) is 4. The van der Waals surface area contributed by atoms with Crippen molar-refractivity contribution in [2.45, 2.75) is 20.0 Å². The van der Waals surface area contributed by atoms with E-state index in [1.165, 1.54) is 18.3 Å². The Morgan fingerprint density at radius 1 is 0.852 bits per heavy atom. The molecule has 1 atom stereocenters. The number of pyridine rings is 1. The van der Waals surface area contributed by atoms with E-state index in [2.05, 4.69) is 4.98 Å². The lowest BCUT2D eigenvalue weighted by molar-refractivity contribution is 0.0279. The third kappa shape index (κ3) is 4.60. The third-order valence-electron chi connectivity index (χ3n) is 4.14. The van der Waals surface area contributed by atoms with Crippen LogP contribution in [0.25, 0.3) is 0 Å². The molecule has 0 radical (unpaired) electrons. The predicted molar refractivity (Wildman–Crippen MR) is 104 cm³/mol. The molecule has 3 aromatic rings. The molecule has 0 aliphatic rings. The molecule has 1 unspecified atom stereocenters. The number of nitrogens with zero attached hydrogens (tertiary/aromatic N) is 1. The molecule has 0 amide bonds. The number of ether oxygens (including phenoxy) is 1. The predicted octanol–water partition coefficient (Wildman–Crippen LogP) is 5.13. The zero-order valence-corrected chi connectivity index (χ0v) is 15.7. The highest BCUT2D eigenvalue weighted by atomic mass is 35.5. The third-order valence-corrected chi connectivity index (χ3v) is 4.37. The largest absolute Gasteiger partial charge is 0.445 e. The Labute approximate surface area is 162 Å². The van der Waals surface area contributed by atoms with E-state index >= 15 is 0 Å². The van der Waals surface area contributed by atoms with E-state index in [1.54, 1.807) is 24.3 Å². The number of Topliss-reactive ketones (excluding diaryl/α,β-unsaturated/α-hetero) is 1. The summed E-state index contributed by atoms with van der Waals surface area (Å²) >= 11 is 5.76.